The van der Waals surface area contributed by atoms with Crippen LogP contribution in [-0.2, 0) is 9.53 Å². The second-order valence-electron chi connectivity index (χ2n) is 6.90. The molecule has 3 nitrogen and oxygen atoms in total. The summed E-state index contributed by atoms with van der Waals surface area (Å²) in [6, 6.07) is 0. The molecule has 0 N–H and O–H groups in total. The molecule has 132 valence electrons. The highest BCUT2D eigenvalue weighted by atomic mass is 35.5. The summed E-state index contributed by atoms with van der Waals surface area (Å²) in [7, 11) is 4.17. The summed E-state index contributed by atoms with van der Waals surface area (Å²) in [5.41, 5.74) is 0. The van der Waals surface area contributed by atoms with Crippen LogP contribution in [0.15, 0.2) is 0 Å². The molecule has 0 saturated heterocycles. The van der Waals surface area contributed by atoms with E-state index < -0.39 is 0 Å². The lowest BCUT2D eigenvalue weighted by atomic mass is 10.1. The van der Waals surface area contributed by atoms with Crippen LogP contribution < -0.4 is 0 Å². The number of carbonyl (C=O) groups is 1. The number of alkyl halides is 1. The highest BCUT2D eigenvalue weighted by Crippen LogP contribution is 2.15. The molecule has 0 aromatic rings. The molecule has 0 aliphatic carbocycles. The van der Waals surface area contributed by atoms with Crippen LogP contribution in [-0.4, -0.2) is 43.2 Å². The lowest BCUT2D eigenvalue weighted by molar-refractivity contribution is -0.932. The molecule has 0 fully saturated rings. The molecule has 0 aromatic heterocycles. The molecule has 1 atom stereocenters. The average Bonchev–Trinajstić information content (AvgIpc) is 2.46. The van der Waals surface area contributed by atoms with Gasteiger partial charge in [0.2, 0.25) is 6.23 Å². The maximum absolute atomic E-state index is 11.1. The van der Waals surface area contributed by atoms with Crippen molar-refractivity contribution >= 4 is 17.6 Å². The number of esters is 1. The van der Waals surface area contributed by atoms with Gasteiger partial charge in [-0.2, -0.15) is 0 Å². The number of quaternary nitrogens is 1. The zero-order valence-corrected chi connectivity index (χ0v) is 16.0. The van der Waals surface area contributed by atoms with E-state index in [1.165, 1.54) is 64.7 Å². The van der Waals surface area contributed by atoms with Crippen molar-refractivity contribution in [2.45, 2.75) is 84.3 Å². The number of nitrogens with zero attached hydrogens (tertiary/aromatic N) is 1. The van der Waals surface area contributed by atoms with Crippen molar-refractivity contribution in [3.05, 3.63) is 0 Å². The van der Waals surface area contributed by atoms with Gasteiger partial charge in [0.15, 0.2) is 0 Å². The lowest BCUT2D eigenvalue weighted by Crippen LogP contribution is -2.52. The SMILES string of the molecule is CCCCCCCCCCCC[N+](C)(C)C(CCl)OC(C)=O. The van der Waals surface area contributed by atoms with E-state index in [2.05, 4.69) is 21.0 Å². The second-order valence-corrected chi connectivity index (χ2v) is 7.21. The number of carbonyl (C=O) groups excluding carboxylic acids is 1. The Kier molecular flexibility index (Phi) is 13.0. The summed E-state index contributed by atoms with van der Waals surface area (Å²) in [6.45, 7) is 4.71. The van der Waals surface area contributed by atoms with Crippen molar-refractivity contribution in [2.24, 2.45) is 0 Å². The van der Waals surface area contributed by atoms with E-state index in [-0.39, 0.29) is 12.2 Å². The normalized spacial score (nSPS) is 13.1. The molecule has 4 heteroatoms. The van der Waals surface area contributed by atoms with Gasteiger partial charge in [-0.1, -0.05) is 58.3 Å². The topological polar surface area (TPSA) is 26.3 Å². The molecule has 0 rings (SSSR count). The summed E-state index contributed by atoms with van der Waals surface area (Å²) in [6.07, 6.45) is 13.1. The molecule has 0 saturated carbocycles. The van der Waals surface area contributed by atoms with Gasteiger partial charge in [0.25, 0.3) is 0 Å². The largest absolute Gasteiger partial charge is 0.411 e. The minimum absolute atomic E-state index is 0.238. The van der Waals surface area contributed by atoms with E-state index >= 15 is 0 Å². The Morgan fingerprint density at radius 1 is 0.955 bits per heavy atom. The Hall–Kier alpha value is -0.280. The number of hydrogen-bond acceptors (Lipinski definition) is 2. The molecule has 0 bridgehead atoms. The third kappa shape index (κ3) is 11.3. The molecule has 0 radical (unpaired) electrons. The Labute approximate surface area is 142 Å². The van der Waals surface area contributed by atoms with Crippen LogP contribution in [0.4, 0.5) is 0 Å². The number of rotatable bonds is 14. The third-order valence-electron chi connectivity index (χ3n) is 4.30. The van der Waals surface area contributed by atoms with Gasteiger partial charge in [-0.25, -0.2) is 0 Å². The Bertz CT molecular complexity index is 282. The van der Waals surface area contributed by atoms with E-state index in [9.17, 15) is 4.79 Å². The summed E-state index contributed by atoms with van der Waals surface area (Å²) in [5, 5.41) is 0. The summed E-state index contributed by atoms with van der Waals surface area (Å²) >= 11 is 5.94. The summed E-state index contributed by atoms with van der Waals surface area (Å²) < 4.78 is 5.96. The minimum Gasteiger partial charge on any atom is -0.411 e. The number of unbranched alkanes of at least 4 members (excludes halogenated alkanes) is 9. The maximum atomic E-state index is 11.1. The van der Waals surface area contributed by atoms with Crippen LogP contribution in [0, 0.1) is 0 Å². The van der Waals surface area contributed by atoms with Crippen LogP contribution in [0.25, 0.3) is 0 Å². The molecule has 0 heterocycles. The molecular formula is C18H37ClNO2+. The lowest BCUT2D eigenvalue weighted by Gasteiger charge is -2.35. The average molecular weight is 335 g/mol. The summed E-state index contributed by atoms with van der Waals surface area (Å²) in [5.74, 6) is 0.101. The minimum atomic E-state index is -0.250. The highest BCUT2D eigenvalue weighted by molar-refractivity contribution is 6.18. The van der Waals surface area contributed by atoms with E-state index in [0.717, 1.165) is 13.0 Å². The standard InChI is InChI=1S/C18H37ClNO2/c1-5-6-7-8-9-10-11-12-13-14-15-20(3,4)18(16-19)22-17(2)21/h18H,5-16H2,1-4H3/q+1. The van der Waals surface area contributed by atoms with Gasteiger partial charge in [0.05, 0.1) is 20.6 Å². The fourth-order valence-electron chi connectivity index (χ4n) is 2.70. The van der Waals surface area contributed by atoms with Crippen LogP contribution in [0.1, 0.15) is 78.1 Å². The smallest absolute Gasteiger partial charge is 0.307 e. The van der Waals surface area contributed by atoms with Crippen molar-refractivity contribution in [2.75, 3.05) is 26.5 Å². The molecule has 0 aliphatic rings. The monoisotopic (exact) mass is 334 g/mol. The Morgan fingerprint density at radius 2 is 1.41 bits per heavy atom. The first-order valence-electron chi connectivity index (χ1n) is 9.00. The Balaban J connectivity index is 3.65. The molecule has 0 aliphatic heterocycles. The van der Waals surface area contributed by atoms with Crippen LogP contribution in [0.3, 0.4) is 0 Å². The summed E-state index contributed by atoms with van der Waals surface area (Å²) in [4.78, 5) is 11.1. The fourth-order valence-corrected chi connectivity index (χ4v) is 3.14. The van der Waals surface area contributed by atoms with Crippen molar-refractivity contribution in [3.63, 3.8) is 0 Å². The first-order chi connectivity index (χ1) is 10.4. The van der Waals surface area contributed by atoms with Crippen molar-refractivity contribution in [1.82, 2.24) is 0 Å². The van der Waals surface area contributed by atoms with Gasteiger partial charge in [-0.3, -0.25) is 9.28 Å². The first-order valence-corrected chi connectivity index (χ1v) is 9.53. The quantitative estimate of drug-likeness (QED) is 0.145. The van der Waals surface area contributed by atoms with E-state index in [4.69, 9.17) is 16.3 Å². The number of hydrogen-bond donors (Lipinski definition) is 0. The predicted molar refractivity (Wildman–Crippen MR) is 95.1 cm³/mol. The molecular weight excluding hydrogens is 298 g/mol. The predicted octanol–water partition coefficient (Wildman–Crippen LogP) is 5.11. The number of halogens is 1. The maximum Gasteiger partial charge on any atom is 0.307 e. The molecule has 1 unspecified atom stereocenters. The van der Waals surface area contributed by atoms with E-state index in [1.807, 2.05) is 0 Å². The van der Waals surface area contributed by atoms with Gasteiger partial charge >= 0.3 is 5.97 Å². The zero-order valence-electron chi connectivity index (χ0n) is 15.2. The van der Waals surface area contributed by atoms with Crippen LogP contribution in [0.5, 0.6) is 0 Å². The van der Waals surface area contributed by atoms with Crippen LogP contribution >= 0.6 is 11.6 Å². The van der Waals surface area contributed by atoms with Gasteiger partial charge in [0.1, 0.15) is 5.88 Å². The van der Waals surface area contributed by atoms with Gasteiger partial charge in [-0.05, 0) is 12.8 Å². The second kappa shape index (κ2) is 13.2. The fraction of sp³-hybridized carbons (Fsp3) is 0.944. The van der Waals surface area contributed by atoms with Gasteiger partial charge in [-0.15, -0.1) is 11.6 Å². The zero-order chi connectivity index (χ0) is 16.8. The Morgan fingerprint density at radius 3 is 1.82 bits per heavy atom. The van der Waals surface area contributed by atoms with Crippen molar-refractivity contribution in [1.29, 1.82) is 0 Å². The molecule has 0 amide bonds. The molecule has 22 heavy (non-hydrogen) atoms. The first kappa shape index (κ1) is 21.7. The highest BCUT2D eigenvalue weighted by Gasteiger charge is 2.29. The van der Waals surface area contributed by atoms with Crippen molar-refractivity contribution in [3.8, 4) is 0 Å². The van der Waals surface area contributed by atoms with E-state index in [1.54, 1.807) is 0 Å². The van der Waals surface area contributed by atoms with Gasteiger partial charge in [0, 0.05) is 6.92 Å². The molecule has 0 aromatic carbocycles. The number of ether oxygens (including phenoxy) is 1. The van der Waals surface area contributed by atoms with E-state index in [0.29, 0.717) is 10.4 Å². The van der Waals surface area contributed by atoms with Crippen molar-refractivity contribution < 1.29 is 14.0 Å². The van der Waals surface area contributed by atoms with Gasteiger partial charge < -0.3 is 4.74 Å². The third-order valence-corrected chi connectivity index (χ3v) is 4.57. The molecule has 0 spiro atoms. The van der Waals surface area contributed by atoms with Crippen LogP contribution in [0.2, 0.25) is 0 Å².